The van der Waals surface area contributed by atoms with Crippen LogP contribution >= 0.6 is 0 Å². The van der Waals surface area contributed by atoms with Crippen molar-refractivity contribution in [1.82, 2.24) is 0 Å². The zero-order valence-corrected chi connectivity index (χ0v) is 10.2. The van der Waals surface area contributed by atoms with Crippen LogP contribution in [0.2, 0.25) is 0 Å². The van der Waals surface area contributed by atoms with Gasteiger partial charge in [-0.1, -0.05) is 48.5 Å². The molecule has 0 fully saturated rings. The molecule has 2 nitrogen and oxygen atoms in total. The van der Waals surface area contributed by atoms with Crippen LogP contribution in [0.4, 0.5) is 0 Å². The molecule has 0 aliphatic carbocycles. The molecule has 0 unspecified atom stereocenters. The van der Waals surface area contributed by atoms with Crippen molar-refractivity contribution in [2.24, 2.45) is 0 Å². The Morgan fingerprint density at radius 3 is 2.32 bits per heavy atom. The number of benzene rings is 3. The fourth-order valence-electron chi connectivity index (χ4n) is 2.07. The summed E-state index contributed by atoms with van der Waals surface area (Å²) in [7, 11) is 0. The molecule has 0 saturated carbocycles. The fraction of sp³-hybridized carbons (Fsp3) is 0. The zero-order valence-electron chi connectivity index (χ0n) is 10.2. The summed E-state index contributed by atoms with van der Waals surface area (Å²) in [6.07, 6.45) is 0.806. The first-order valence-electron chi connectivity index (χ1n) is 6.08. The number of aldehydes is 1. The van der Waals surface area contributed by atoms with Crippen molar-refractivity contribution in [2.45, 2.75) is 0 Å². The van der Waals surface area contributed by atoms with Crippen LogP contribution < -0.4 is 4.74 Å². The van der Waals surface area contributed by atoms with Crippen molar-refractivity contribution in [3.8, 4) is 11.5 Å². The van der Waals surface area contributed by atoms with Crippen LogP contribution in [0, 0.1) is 0 Å². The zero-order chi connectivity index (χ0) is 13.1. The molecule has 2 heteroatoms. The Bertz CT molecular complexity index is 727. The maximum Gasteiger partial charge on any atom is 0.153 e. The van der Waals surface area contributed by atoms with Crippen molar-refractivity contribution in [3.05, 3.63) is 72.3 Å². The van der Waals surface area contributed by atoms with Gasteiger partial charge in [0.15, 0.2) is 6.29 Å². The van der Waals surface area contributed by atoms with E-state index >= 15 is 0 Å². The molecule has 0 heterocycles. The Balaban J connectivity index is 2.08. The summed E-state index contributed by atoms with van der Waals surface area (Å²) in [6.45, 7) is 0. The monoisotopic (exact) mass is 248 g/mol. The van der Waals surface area contributed by atoms with E-state index < -0.39 is 0 Å². The topological polar surface area (TPSA) is 26.3 Å². The number of ether oxygens (including phenoxy) is 1. The number of carbonyl (C=O) groups excluding carboxylic acids is 1. The van der Waals surface area contributed by atoms with Crippen molar-refractivity contribution in [1.29, 1.82) is 0 Å². The number of hydrogen-bond donors (Lipinski definition) is 0. The predicted octanol–water partition coefficient (Wildman–Crippen LogP) is 4.44. The number of fused-ring (bicyclic) bond motifs is 1. The molecule has 0 aliphatic heterocycles. The molecule has 0 bridgehead atoms. The van der Waals surface area contributed by atoms with E-state index in [9.17, 15) is 4.79 Å². The molecule has 19 heavy (non-hydrogen) atoms. The van der Waals surface area contributed by atoms with Crippen molar-refractivity contribution < 1.29 is 9.53 Å². The number of hydrogen-bond acceptors (Lipinski definition) is 2. The maximum atomic E-state index is 11.0. The highest BCUT2D eigenvalue weighted by Gasteiger charge is 2.06. The molecule has 0 radical (unpaired) electrons. The lowest BCUT2D eigenvalue weighted by molar-refractivity contribution is 0.112. The highest BCUT2D eigenvalue weighted by molar-refractivity contribution is 5.89. The third-order valence-electron chi connectivity index (χ3n) is 3.02. The van der Waals surface area contributed by atoms with Gasteiger partial charge in [-0.15, -0.1) is 0 Å². The van der Waals surface area contributed by atoms with Gasteiger partial charge in [0.2, 0.25) is 0 Å². The Kier molecular flexibility index (Phi) is 2.99. The Hall–Kier alpha value is -2.61. The van der Waals surface area contributed by atoms with Crippen molar-refractivity contribution in [2.75, 3.05) is 0 Å². The number of carbonyl (C=O) groups is 1. The molecule has 3 aromatic rings. The largest absolute Gasteiger partial charge is 0.456 e. The van der Waals surface area contributed by atoms with Crippen LogP contribution in [-0.4, -0.2) is 6.29 Å². The summed E-state index contributed by atoms with van der Waals surface area (Å²) in [4.78, 5) is 11.0. The summed E-state index contributed by atoms with van der Waals surface area (Å²) < 4.78 is 5.88. The van der Waals surface area contributed by atoms with Crippen LogP contribution in [0.15, 0.2) is 66.7 Å². The van der Waals surface area contributed by atoms with E-state index in [0.717, 1.165) is 22.8 Å². The highest BCUT2D eigenvalue weighted by atomic mass is 16.5. The van der Waals surface area contributed by atoms with E-state index in [0.29, 0.717) is 11.3 Å². The standard InChI is InChI=1S/C17H12O2/c18-12-14-7-2-4-10-16(14)19-17-11-5-8-13-6-1-3-9-15(13)17/h1-12H. The van der Waals surface area contributed by atoms with Crippen LogP contribution in [0.3, 0.4) is 0 Å². The quantitative estimate of drug-likeness (QED) is 0.640. The predicted molar refractivity (Wildman–Crippen MR) is 75.9 cm³/mol. The van der Waals surface area contributed by atoms with Gasteiger partial charge in [0.05, 0.1) is 5.56 Å². The fourth-order valence-corrected chi connectivity index (χ4v) is 2.07. The first-order valence-corrected chi connectivity index (χ1v) is 6.08. The first-order chi connectivity index (χ1) is 9.38. The van der Waals surface area contributed by atoms with Gasteiger partial charge in [0.1, 0.15) is 11.5 Å². The van der Waals surface area contributed by atoms with E-state index in [1.165, 1.54) is 0 Å². The van der Waals surface area contributed by atoms with Crippen molar-refractivity contribution in [3.63, 3.8) is 0 Å². The lowest BCUT2D eigenvalue weighted by atomic mass is 10.1. The summed E-state index contributed by atoms with van der Waals surface area (Å²) >= 11 is 0. The molecule has 0 atom stereocenters. The van der Waals surface area contributed by atoms with E-state index in [4.69, 9.17) is 4.74 Å². The molecule has 92 valence electrons. The van der Waals surface area contributed by atoms with Crippen LogP contribution in [0.25, 0.3) is 10.8 Å². The Labute approximate surface area is 111 Å². The molecule has 3 aromatic carbocycles. The van der Waals surface area contributed by atoms with E-state index in [2.05, 4.69) is 0 Å². The first kappa shape index (κ1) is 11.5. The lowest BCUT2D eigenvalue weighted by Crippen LogP contribution is -1.90. The summed E-state index contributed by atoms with van der Waals surface area (Å²) in [5.41, 5.74) is 0.551. The molecular weight excluding hydrogens is 236 g/mol. The van der Waals surface area contributed by atoms with E-state index in [1.54, 1.807) is 12.1 Å². The van der Waals surface area contributed by atoms with Crippen molar-refractivity contribution >= 4 is 17.1 Å². The Morgan fingerprint density at radius 2 is 1.42 bits per heavy atom. The second kappa shape index (κ2) is 4.94. The lowest BCUT2D eigenvalue weighted by Gasteiger charge is -2.10. The van der Waals surface area contributed by atoms with Crippen LogP contribution in [-0.2, 0) is 0 Å². The third kappa shape index (κ3) is 2.20. The minimum Gasteiger partial charge on any atom is -0.456 e. The van der Waals surface area contributed by atoms with Gasteiger partial charge in [-0.05, 0) is 23.6 Å². The normalized spacial score (nSPS) is 10.3. The van der Waals surface area contributed by atoms with Gasteiger partial charge in [-0.25, -0.2) is 0 Å². The average molecular weight is 248 g/mol. The smallest absolute Gasteiger partial charge is 0.153 e. The van der Waals surface area contributed by atoms with Gasteiger partial charge < -0.3 is 4.74 Å². The summed E-state index contributed by atoms with van der Waals surface area (Å²) in [5, 5.41) is 2.15. The average Bonchev–Trinajstić information content (AvgIpc) is 2.48. The van der Waals surface area contributed by atoms with Crippen LogP contribution in [0.1, 0.15) is 10.4 Å². The number of rotatable bonds is 3. The van der Waals surface area contributed by atoms with Crippen LogP contribution in [0.5, 0.6) is 11.5 Å². The molecular formula is C17H12O2. The second-order valence-electron chi connectivity index (χ2n) is 4.24. The molecule has 0 aliphatic rings. The SMILES string of the molecule is O=Cc1ccccc1Oc1cccc2ccccc12. The van der Waals surface area contributed by atoms with E-state index in [-0.39, 0.29) is 0 Å². The minimum absolute atomic E-state index is 0.551. The summed E-state index contributed by atoms with van der Waals surface area (Å²) in [6, 6.07) is 21.1. The molecule has 0 aromatic heterocycles. The molecule has 0 N–H and O–H groups in total. The summed E-state index contributed by atoms with van der Waals surface area (Å²) in [5.74, 6) is 1.33. The van der Waals surface area contributed by atoms with Gasteiger partial charge in [0, 0.05) is 5.39 Å². The van der Waals surface area contributed by atoms with Gasteiger partial charge in [0.25, 0.3) is 0 Å². The molecule has 3 rings (SSSR count). The second-order valence-corrected chi connectivity index (χ2v) is 4.24. The highest BCUT2D eigenvalue weighted by Crippen LogP contribution is 2.30. The van der Waals surface area contributed by atoms with E-state index in [1.807, 2.05) is 54.6 Å². The molecule has 0 spiro atoms. The maximum absolute atomic E-state index is 11.0. The molecule has 0 saturated heterocycles. The third-order valence-corrected chi connectivity index (χ3v) is 3.02. The van der Waals surface area contributed by atoms with Gasteiger partial charge in [-0.3, -0.25) is 4.79 Å². The van der Waals surface area contributed by atoms with Gasteiger partial charge >= 0.3 is 0 Å². The van der Waals surface area contributed by atoms with Gasteiger partial charge in [-0.2, -0.15) is 0 Å². The Morgan fingerprint density at radius 1 is 0.737 bits per heavy atom. The number of para-hydroxylation sites is 1. The molecule has 0 amide bonds. The minimum atomic E-state index is 0.551.